The first-order valence-electron chi connectivity index (χ1n) is 24.0. The van der Waals surface area contributed by atoms with Gasteiger partial charge in [-0.1, -0.05) is 165 Å². The Morgan fingerprint density at radius 2 is 1.18 bits per heavy atom. The van der Waals surface area contributed by atoms with E-state index < -0.39 is 62.2 Å². The van der Waals surface area contributed by atoms with Crippen molar-refractivity contribution < 1.29 is 56.5 Å². The zero-order chi connectivity index (χ0) is 47.3. The second-order valence-corrected chi connectivity index (χ2v) is 19.9. The van der Waals surface area contributed by atoms with Crippen LogP contribution in [0, 0.1) is 0 Å². The molecule has 0 spiro atoms. The van der Waals surface area contributed by atoms with Crippen molar-refractivity contribution >= 4 is 43.3 Å². The molecule has 366 valence electrons. The molecule has 4 N–H and O–H groups in total. The van der Waals surface area contributed by atoms with Crippen LogP contribution < -0.4 is 10.6 Å². The van der Waals surface area contributed by atoms with Crippen LogP contribution in [0.2, 0.25) is 0 Å². The van der Waals surface area contributed by atoms with Crippen LogP contribution in [0.3, 0.4) is 0 Å². The van der Waals surface area contributed by atoms with Crippen molar-refractivity contribution in [3.63, 3.8) is 0 Å². The third-order valence-electron chi connectivity index (χ3n) is 11.6. The summed E-state index contributed by atoms with van der Waals surface area (Å²) in [5.74, 6) is -1.76. The first-order chi connectivity index (χ1) is 31.3. The van der Waals surface area contributed by atoms with Gasteiger partial charge in [0, 0.05) is 43.2 Å². The first-order valence-corrected chi connectivity index (χ1v) is 26.8. The number of alkyl halides is 2. The van der Waals surface area contributed by atoms with E-state index in [9.17, 15) is 32.5 Å². The average molecular weight is 953 g/mol. The smallest absolute Gasteiger partial charge is 0.407 e. The summed E-state index contributed by atoms with van der Waals surface area (Å²) in [7, 11) is -5.70. The molecule has 0 heterocycles. The van der Waals surface area contributed by atoms with E-state index in [2.05, 4.69) is 24.5 Å². The van der Waals surface area contributed by atoms with Gasteiger partial charge in [0.15, 0.2) is 0 Å². The van der Waals surface area contributed by atoms with Crippen LogP contribution in [0.5, 0.6) is 0 Å². The molecule has 3 rings (SSSR count). The molecule has 0 unspecified atom stereocenters. The maximum Gasteiger partial charge on any atom is 0.407 e. The topological polar surface area (TPSA) is 178 Å². The van der Waals surface area contributed by atoms with E-state index in [0.717, 1.165) is 72.5 Å². The molecule has 12 nitrogen and oxygen atoms in total. The van der Waals surface area contributed by atoms with Gasteiger partial charge in [-0.05, 0) is 41.5 Å². The lowest BCUT2D eigenvalue weighted by molar-refractivity contribution is -0.157. The number of rotatable bonds is 36. The SMILES string of the molecule is CCCCCCCCCCCC(=O)OC[C@@H](CSC[C@H](NC(=O)OCC1c2ccccc2-c2ccccc21)C(=O)NCCCC(F)(F)P(=O)(O)O)OC(=O)CCCCCCCCCCC. The van der Waals surface area contributed by atoms with Gasteiger partial charge in [-0.3, -0.25) is 18.9 Å². The Labute approximate surface area is 390 Å². The molecule has 0 fully saturated rings. The van der Waals surface area contributed by atoms with Gasteiger partial charge in [0.05, 0.1) is 0 Å². The number of amides is 2. The molecule has 1 aliphatic rings. The molecule has 2 atom stereocenters. The van der Waals surface area contributed by atoms with Crippen molar-refractivity contribution in [2.24, 2.45) is 0 Å². The lowest BCUT2D eigenvalue weighted by Crippen LogP contribution is -2.49. The molecule has 0 saturated carbocycles. The van der Waals surface area contributed by atoms with Crippen molar-refractivity contribution in [2.75, 3.05) is 31.3 Å². The van der Waals surface area contributed by atoms with Crippen molar-refractivity contribution in [1.29, 1.82) is 0 Å². The summed E-state index contributed by atoms with van der Waals surface area (Å²) in [5.41, 5.74) is -0.207. The van der Waals surface area contributed by atoms with Gasteiger partial charge < -0.3 is 34.6 Å². The number of hydrogen-bond acceptors (Lipinski definition) is 9. The van der Waals surface area contributed by atoms with E-state index in [-0.39, 0.29) is 50.0 Å². The number of carbonyl (C=O) groups is 4. The predicted octanol–water partition coefficient (Wildman–Crippen LogP) is 11.6. The molecule has 0 aromatic heterocycles. The molecule has 65 heavy (non-hydrogen) atoms. The van der Waals surface area contributed by atoms with Crippen molar-refractivity contribution in [2.45, 2.75) is 179 Å². The Hall–Kier alpha value is -3.52. The Kier molecular flexibility index (Phi) is 27.0. The number of esters is 2. The highest BCUT2D eigenvalue weighted by Gasteiger charge is 2.47. The van der Waals surface area contributed by atoms with E-state index >= 15 is 0 Å². The predicted molar refractivity (Wildman–Crippen MR) is 253 cm³/mol. The van der Waals surface area contributed by atoms with Crippen LogP contribution in [0.4, 0.5) is 13.6 Å². The summed E-state index contributed by atoms with van der Waals surface area (Å²) in [6, 6.07) is 14.4. The highest BCUT2D eigenvalue weighted by atomic mass is 32.2. The fourth-order valence-corrected chi connectivity index (χ4v) is 9.33. The van der Waals surface area contributed by atoms with Crippen molar-refractivity contribution in [3.05, 3.63) is 59.7 Å². The summed E-state index contributed by atoms with van der Waals surface area (Å²) in [4.78, 5) is 70.5. The zero-order valence-corrected chi connectivity index (χ0v) is 40.4. The fraction of sp³-hybridized carbons (Fsp3) is 0.673. The molecule has 0 saturated heterocycles. The van der Waals surface area contributed by atoms with Gasteiger partial charge in [-0.25, -0.2) is 4.79 Å². The Morgan fingerprint density at radius 3 is 1.71 bits per heavy atom. The van der Waals surface area contributed by atoms with Crippen molar-refractivity contribution in [1.82, 2.24) is 10.6 Å². The second kappa shape index (κ2) is 31.5. The normalized spacial score (nSPS) is 13.4. The summed E-state index contributed by atoms with van der Waals surface area (Å²) in [6.07, 6.45) is 16.8. The molecular weight excluding hydrogens is 878 g/mol. The number of halogens is 2. The number of alkyl carbamates (subject to hydrolysis) is 1. The Morgan fingerprint density at radius 1 is 0.692 bits per heavy atom. The summed E-state index contributed by atoms with van der Waals surface area (Å²) in [5, 5.41) is 5.06. The van der Waals surface area contributed by atoms with Crippen LogP contribution in [0.15, 0.2) is 48.5 Å². The number of carbonyl (C=O) groups excluding carboxylic acids is 4. The number of fused-ring (bicyclic) bond motifs is 3. The number of benzene rings is 2. The van der Waals surface area contributed by atoms with Gasteiger partial charge in [-0.2, -0.15) is 20.5 Å². The van der Waals surface area contributed by atoms with Crippen LogP contribution in [-0.4, -0.2) is 82.8 Å². The van der Waals surface area contributed by atoms with Crippen LogP contribution >= 0.6 is 19.4 Å². The minimum atomic E-state index is -5.70. The lowest BCUT2D eigenvalue weighted by Gasteiger charge is -2.22. The van der Waals surface area contributed by atoms with Crippen LogP contribution in [0.1, 0.15) is 172 Å². The second-order valence-electron chi connectivity index (χ2n) is 17.1. The standard InChI is InChI=1S/C49H75F2N2O10PS/c1-3-5-7-9-11-13-15-17-19-30-45(54)61-34-38(63-46(55)31-20-18-16-14-12-10-8-6-4-2)36-65-37-44(47(56)52-33-25-32-49(50,51)64(58,59)60)53-48(57)62-35-43-41-28-23-21-26-39(41)40-27-22-24-29-42(40)43/h21-24,26-29,38,43-44H,3-20,25,30-37H2,1-2H3,(H,52,56)(H,53,57)(H2,58,59,60)/t38-,44-/m0/s1. The van der Waals surface area contributed by atoms with Gasteiger partial charge in [-0.15, -0.1) is 0 Å². The summed E-state index contributed by atoms with van der Waals surface area (Å²) in [6.45, 7) is 3.82. The van der Waals surface area contributed by atoms with Gasteiger partial charge in [0.1, 0.15) is 25.4 Å². The summed E-state index contributed by atoms with van der Waals surface area (Å²) < 4.78 is 56.1. The third kappa shape index (κ3) is 21.8. The maximum absolute atomic E-state index is 13.9. The number of nitrogens with one attached hydrogen (secondary N) is 2. The third-order valence-corrected chi connectivity index (χ3v) is 13.9. The Bertz CT molecular complexity index is 1720. The van der Waals surface area contributed by atoms with E-state index in [4.69, 9.17) is 24.0 Å². The number of unbranched alkanes of at least 4 members (excludes halogenated alkanes) is 16. The van der Waals surface area contributed by atoms with E-state index in [0.29, 0.717) is 12.8 Å². The van der Waals surface area contributed by atoms with Gasteiger partial charge in [0.25, 0.3) is 0 Å². The lowest BCUT2D eigenvalue weighted by atomic mass is 9.98. The maximum atomic E-state index is 13.9. The molecule has 16 heteroatoms. The number of ether oxygens (including phenoxy) is 3. The quantitative estimate of drug-likeness (QED) is 0.0221. The van der Waals surface area contributed by atoms with Crippen LogP contribution in [-0.2, 0) is 33.2 Å². The number of thioether (sulfide) groups is 1. The van der Waals surface area contributed by atoms with Crippen molar-refractivity contribution in [3.8, 4) is 11.1 Å². The monoisotopic (exact) mass is 952 g/mol. The minimum absolute atomic E-state index is 0.0276. The molecular formula is C49H75F2N2O10PS. The Balaban J connectivity index is 1.60. The van der Waals surface area contributed by atoms with E-state index in [1.54, 1.807) is 0 Å². The highest BCUT2D eigenvalue weighted by molar-refractivity contribution is 7.99. The summed E-state index contributed by atoms with van der Waals surface area (Å²) >= 11 is 1.16. The van der Waals surface area contributed by atoms with Crippen LogP contribution in [0.25, 0.3) is 11.1 Å². The molecule has 2 aromatic carbocycles. The molecule has 1 aliphatic carbocycles. The fourth-order valence-electron chi connectivity index (χ4n) is 7.84. The first kappa shape index (κ1) is 55.8. The highest BCUT2D eigenvalue weighted by Crippen LogP contribution is 2.55. The van der Waals surface area contributed by atoms with Gasteiger partial charge in [0.2, 0.25) is 5.91 Å². The average Bonchev–Trinajstić information content (AvgIpc) is 3.60. The molecule has 2 amide bonds. The molecule has 2 aromatic rings. The minimum Gasteiger partial charge on any atom is -0.462 e. The largest absolute Gasteiger partial charge is 0.462 e. The molecule has 0 aliphatic heterocycles. The number of hydrogen-bond donors (Lipinski definition) is 4. The zero-order valence-electron chi connectivity index (χ0n) is 38.7. The van der Waals surface area contributed by atoms with Gasteiger partial charge >= 0.3 is 31.3 Å². The molecule has 0 radical (unpaired) electrons. The van der Waals surface area contributed by atoms with E-state index in [1.807, 2.05) is 48.5 Å². The molecule has 0 bridgehead atoms. The van der Waals surface area contributed by atoms with E-state index in [1.165, 1.54) is 64.2 Å².